The Morgan fingerprint density at radius 2 is 2.40 bits per heavy atom. The van der Waals surface area contributed by atoms with Gasteiger partial charge in [0.1, 0.15) is 0 Å². The molecule has 0 aromatic heterocycles. The van der Waals surface area contributed by atoms with E-state index in [4.69, 9.17) is 13.0 Å². The maximum atomic E-state index is 10.3. The maximum absolute atomic E-state index is 10.3. The van der Waals surface area contributed by atoms with E-state index in [0.29, 0.717) is 6.61 Å². The van der Waals surface area contributed by atoms with Gasteiger partial charge in [-0.1, -0.05) is 0 Å². The second kappa shape index (κ2) is 3.83. The average molecular weight is 352 g/mol. The van der Waals surface area contributed by atoms with E-state index in [2.05, 4.69) is 0 Å². The molecule has 0 saturated carbocycles. The van der Waals surface area contributed by atoms with Gasteiger partial charge >= 0.3 is 74.0 Å². The zero-order valence-corrected chi connectivity index (χ0v) is 11.6. The Morgan fingerprint density at radius 1 is 1.70 bits per heavy atom. The summed E-state index contributed by atoms with van der Waals surface area (Å²) in [6, 6.07) is -0.487. The van der Waals surface area contributed by atoms with Gasteiger partial charge in [-0.3, -0.25) is 0 Å². The van der Waals surface area contributed by atoms with Crippen molar-refractivity contribution >= 4 is 8.25 Å². The second-order valence-corrected chi connectivity index (χ2v) is 10.3. The average Bonchev–Trinajstić information content (AvgIpc) is 2.33. The first-order valence-electron chi connectivity index (χ1n) is 3.03. The van der Waals surface area contributed by atoms with Gasteiger partial charge in [0.15, 0.2) is 0 Å². The summed E-state index contributed by atoms with van der Waals surface area (Å²) in [6.45, 7) is 0.793. The van der Waals surface area contributed by atoms with E-state index < -0.39 is 29.4 Å². The summed E-state index contributed by atoms with van der Waals surface area (Å²) >= 11 is -1.46. The van der Waals surface area contributed by atoms with Crippen molar-refractivity contribution in [2.75, 3.05) is 13.2 Å². The molecular weight excluding hydrogens is 346 g/mol. The van der Waals surface area contributed by atoms with Gasteiger partial charge in [-0.15, -0.1) is 0 Å². The van der Waals surface area contributed by atoms with Crippen molar-refractivity contribution in [3.05, 3.63) is 10.1 Å². The minimum atomic E-state index is -1.46. The monoisotopic (exact) mass is 353 g/mol. The summed E-state index contributed by atoms with van der Waals surface area (Å²) in [5, 5.41) is 10.3. The third kappa shape index (κ3) is 1.80. The number of hydrogen-bond donors (Lipinski definition) is 0. The molecule has 1 fully saturated rings. The predicted octanol–water partition coefficient (Wildman–Crippen LogP) is 0.687. The fourth-order valence-electron chi connectivity index (χ4n) is 0.968. The minimum absolute atomic E-state index is 0.122. The van der Waals surface area contributed by atoms with Crippen molar-refractivity contribution in [3.63, 3.8) is 0 Å². The molecule has 0 amide bonds. The van der Waals surface area contributed by atoms with Crippen LogP contribution in [-0.2, 0) is 28.1 Å². The van der Waals surface area contributed by atoms with Crippen LogP contribution in [0.1, 0.15) is 0 Å². The summed E-state index contributed by atoms with van der Waals surface area (Å²) in [6.07, 6.45) is 0. The second-order valence-electron chi connectivity index (χ2n) is 2.30. The predicted molar refractivity (Wildman–Crippen MR) is 31.2 cm³/mol. The Balaban J connectivity index is 2.50. The molecule has 6 heteroatoms. The van der Waals surface area contributed by atoms with E-state index in [9.17, 15) is 10.1 Å². The van der Waals surface area contributed by atoms with Crippen LogP contribution in [0.3, 0.4) is 0 Å². The van der Waals surface area contributed by atoms with E-state index in [1.807, 2.05) is 0 Å². The molecule has 0 radical (unpaired) electrons. The SMILES string of the molecule is O=[N+]([O-])[C@H]1COC[C@@H]1[Hg][Cl]. The topological polar surface area (TPSA) is 52.4 Å². The molecule has 0 aliphatic carbocycles. The molecule has 4 nitrogen and oxygen atoms in total. The number of halogens is 1. The molecule has 54 valence electrons. The van der Waals surface area contributed by atoms with Crippen molar-refractivity contribution in [2.24, 2.45) is 0 Å². The first-order chi connectivity index (χ1) is 4.75. The Hall–Kier alpha value is 0.585. The molecule has 1 aliphatic rings. The number of hydrogen-bond acceptors (Lipinski definition) is 3. The first kappa shape index (κ1) is 8.68. The molecule has 1 rings (SSSR count). The molecule has 1 saturated heterocycles. The summed E-state index contributed by atoms with van der Waals surface area (Å²) in [5.74, 6) is 0. The zero-order chi connectivity index (χ0) is 7.56. The first-order valence-corrected chi connectivity index (χ1v) is 13.0. The molecule has 0 bridgehead atoms. The molecule has 0 aromatic rings. The molecule has 10 heavy (non-hydrogen) atoms. The van der Waals surface area contributed by atoms with E-state index in [1.54, 1.807) is 0 Å². The van der Waals surface area contributed by atoms with Crippen LogP contribution in [0, 0.1) is 10.1 Å². The molecule has 0 aromatic carbocycles. The van der Waals surface area contributed by atoms with Crippen molar-refractivity contribution < 1.29 is 33.0 Å². The molecule has 0 spiro atoms. The van der Waals surface area contributed by atoms with Crippen LogP contribution in [0.4, 0.5) is 0 Å². The van der Waals surface area contributed by atoms with Gasteiger partial charge < -0.3 is 0 Å². The van der Waals surface area contributed by atoms with E-state index in [1.165, 1.54) is 0 Å². The standard InChI is InChI=1S/C4H6NO3.ClH.Hg/c6-5(7)4-1-2-8-3-4;;/h1,4H,2-3H2;1H;/q;;+1/p-1/t4-;;/m1../s1. The van der Waals surface area contributed by atoms with Gasteiger partial charge in [-0.2, -0.15) is 0 Å². The number of nitro groups is 1. The van der Waals surface area contributed by atoms with Crippen LogP contribution < -0.4 is 0 Å². The van der Waals surface area contributed by atoms with Crippen LogP contribution in [-0.4, -0.2) is 24.2 Å². The summed E-state index contributed by atoms with van der Waals surface area (Å²) in [7, 11) is 5.68. The Bertz CT molecular complexity index is 144. The van der Waals surface area contributed by atoms with Crippen molar-refractivity contribution in [2.45, 2.75) is 9.47 Å². The van der Waals surface area contributed by atoms with Gasteiger partial charge in [0.2, 0.25) is 0 Å². The van der Waals surface area contributed by atoms with E-state index >= 15 is 0 Å². The normalized spacial score (nSPS) is 31.7. The van der Waals surface area contributed by atoms with Crippen molar-refractivity contribution in [1.29, 1.82) is 0 Å². The van der Waals surface area contributed by atoms with Crippen LogP contribution >= 0.6 is 8.25 Å². The van der Waals surface area contributed by atoms with Crippen LogP contribution in [0.25, 0.3) is 0 Å². The Kier molecular flexibility index (Phi) is 3.32. The van der Waals surface area contributed by atoms with Crippen LogP contribution in [0.5, 0.6) is 0 Å². The zero-order valence-electron chi connectivity index (χ0n) is 5.33. The molecule has 2 atom stereocenters. The van der Waals surface area contributed by atoms with Gasteiger partial charge in [0.25, 0.3) is 0 Å². The van der Waals surface area contributed by atoms with Crippen molar-refractivity contribution in [3.8, 4) is 0 Å². The molecule has 1 heterocycles. The van der Waals surface area contributed by atoms with Gasteiger partial charge in [-0.05, 0) is 0 Å². The molecule has 0 N–H and O–H groups in total. The molecular formula is C4H6ClHgNO3. The van der Waals surface area contributed by atoms with Crippen LogP contribution in [0.15, 0.2) is 0 Å². The summed E-state index contributed by atoms with van der Waals surface area (Å²) in [4.78, 5) is 10.0. The van der Waals surface area contributed by atoms with Gasteiger partial charge in [-0.25, -0.2) is 0 Å². The Labute approximate surface area is 73.9 Å². The fraction of sp³-hybridized carbons (Fsp3) is 1.00. The summed E-state index contributed by atoms with van der Waals surface area (Å²) in [5.41, 5.74) is 0. The number of rotatable bonds is 2. The molecule has 1 aliphatic heterocycles. The molecule has 0 unspecified atom stereocenters. The van der Waals surface area contributed by atoms with E-state index in [-0.39, 0.29) is 15.0 Å². The van der Waals surface area contributed by atoms with Crippen molar-refractivity contribution in [1.82, 2.24) is 0 Å². The third-order valence-electron chi connectivity index (χ3n) is 1.63. The number of nitrogens with zero attached hydrogens (tertiary/aromatic N) is 1. The Morgan fingerprint density at radius 3 is 2.80 bits per heavy atom. The van der Waals surface area contributed by atoms with Gasteiger partial charge in [0, 0.05) is 0 Å². The van der Waals surface area contributed by atoms with Gasteiger partial charge in [0.05, 0.1) is 0 Å². The van der Waals surface area contributed by atoms with E-state index in [0.717, 1.165) is 0 Å². The summed E-state index contributed by atoms with van der Waals surface area (Å²) < 4.78 is 5.07. The third-order valence-corrected chi connectivity index (χ3v) is 9.68. The van der Waals surface area contributed by atoms with Crippen LogP contribution in [0.2, 0.25) is 3.43 Å². The number of ether oxygens (including phenoxy) is 1. The fourth-order valence-corrected chi connectivity index (χ4v) is 6.55. The quantitative estimate of drug-likeness (QED) is 0.417.